The first-order chi connectivity index (χ1) is 13.3. The molecule has 28 heavy (non-hydrogen) atoms. The van der Waals surface area contributed by atoms with Gasteiger partial charge in [-0.2, -0.15) is 17.7 Å². The van der Waals surface area contributed by atoms with Gasteiger partial charge >= 0.3 is 6.18 Å². The maximum Gasteiger partial charge on any atom is 0.453 e. The van der Waals surface area contributed by atoms with Crippen LogP contribution >= 0.6 is 11.3 Å². The van der Waals surface area contributed by atoms with E-state index in [0.29, 0.717) is 36.6 Å². The van der Waals surface area contributed by atoms with Crippen molar-refractivity contribution in [2.75, 3.05) is 18.0 Å². The summed E-state index contributed by atoms with van der Waals surface area (Å²) in [6, 6.07) is 6.84. The van der Waals surface area contributed by atoms with Crippen molar-refractivity contribution in [3.8, 4) is 0 Å². The lowest BCUT2D eigenvalue weighted by atomic mass is 10.0. The molecule has 1 fully saturated rings. The Kier molecular flexibility index (Phi) is 4.69. The van der Waals surface area contributed by atoms with E-state index in [1.165, 1.54) is 17.4 Å². The van der Waals surface area contributed by atoms with Crippen LogP contribution in [0.15, 0.2) is 24.3 Å². The maximum atomic E-state index is 13.0. The molecule has 1 saturated heterocycles. The summed E-state index contributed by atoms with van der Waals surface area (Å²) in [6.07, 6.45) is -3.25. The lowest BCUT2D eigenvalue weighted by Crippen LogP contribution is -2.44. The SMILES string of the molecule is Cc1ccc(C(=O)NC2CCN(c3ccc4nnc(C(F)(F)F)n4n3)CC2)s1. The third-order valence-electron chi connectivity index (χ3n) is 4.62. The highest BCUT2D eigenvalue weighted by molar-refractivity contribution is 7.13. The zero-order valence-corrected chi connectivity index (χ0v) is 15.7. The largest absolute Gasteiger partial charge is 0.453 e. The van der Waals surface area contributed by atoms with E-state index in [1.54, 1.807) is 12.1 Å². The van der Waals surface area contributed by atoms with Gasteiger partial charge in [-0.1, -0.05) is 0 Å². The molecule has 148 valence electrons. The first kappa shape index (κ1) is 18.7. The highest BCUT2D eigenvalue weighted by Gasteiger charge is 2.38. The van der Waals surface area contributed by atoms with Crippen LogP contribution < -0.4 is 10.2 Å². The molecule has 0 bridgehead atoms. The summed E-state index contributed by atoms with van der Waals surface area (Å²) < 4.78 is 39.8. The Bertz CT molecular complexity index is 1010. The molecule has 0 atom stereocenters. The van der Waals surface area contributed by atoms with Crippen LogP contribution in [0.4, 0.5) is 19.0 Å². The first-order valence-corrected chi connectivity index (χ1v) is 9.55. The minimum Gasteiger partial charge on any atom is -0.355 e. The van der Waals surface area contributed by atoms with Crippen molar-refractivity contribution >= 4 is 28.7 Å². The molecule has 11 heteroatoms. The van der Waals surface area contributed by atoms with Crippen LogP contribution in [0.1, 0.15) is 33.2 Å². The summed E-state index contributed by atoms with van der Waals surface area (Å²) in [5.41, 5.74) is 0.0458. The number of fused-ring (bicyclic) bond motifs is 1. The normalized spacial score (nSPS) is 15.9. The fourth-order valence-electron chi connectivity index (χ4n) is 3.19. The number of aromatic nitrogens is 4. The second-order valence-corrected chi connectivity index (χ2v) is 7.92. The van der Waals surface area contributed by atoms with Crippen LogP contribution in [-0.4, -0.2) is 44.8 Å². The zero-order chi connectivity index (χ0) is 19.9. The monoisotopic (exact) mass is 410 g/mol. The van der Waals surface area contributed by atoms with Crippen LogP contribution in [0, 0.1) is 6.92 Å². The molecular weight excluding hydrogens is 393 g/mol. The number of halogens is 3. The van der Waals surface area contributed by atoms with Gasteiger partial charge in [-0.25, -0.2) is 0 Å². The van der Waals surface area contributed by atoms with Crippen molar-refractivity contribution in [1.82, 2.24) is 25.1 Å². The number of anilines is 1. The van der Waals surface area contributed by atoms with Gasteiger partial charge < -0.3 is 10.2 Å². The van der Waals surface area contributed by atoms with Crippen molar-refractivity contribution in [3.63, 3.8) is 0 Å². The second-order valence-electron chi connectivity index (χ2n) is 6.63. The Morgan fingerprint density at radius 1 is 1.18 bits per heavy atom. The Hall–Kier alpha value is -2.69. The number of piperidine rings is 1. The predicted molar refractivity (Wildman–Crippen MR) is 97.5 cm³/mol. The van der Waals surface area contributed by atoms with E-state index < -0.39 is 12.0 Å². The van der Waals surface area contributed by atoms with Crippen LogP contribution in [0.3, 0.4) is 0 Å². The van der Waals surface area contributed by atoms with Gasteiger partial charge in [0.15, 0.2) is 5.65 Å². The molecule has 0 spiro atoms. The molecule has 1 aliphatic heterocycles. The number of rotatable bonds is 3. The van der Waals surface area contributed by atoms with Gasteiger partial charge in [-0.3, -0.25) is 4.79 Å². The smallest absolute Gasteiger partial charge is 0.355 e. The first-order valence-electron chi connectivity index (χ1n) is 8.73. The van der Waals surface area contributed by atoms with Crippen molar-refractivity contribution in [2.45, 2.75) is 32.0 Å². The molecule has 0 unspecified atom stereocenters. The Balaban J connectivity index is 1.43. The second kappa shape index (κ2) is 7.04. The number of nitrogens with zero attached hydrogens (tertiary/aromatic N) is 5. The summed E-state index contributed by atoms with van der Waals surface area (Å²) in [6.45, 7) is 3.11. The molecule has 1 N–H and O–H groups in total. The quantitative estimate of drug-likeness (QED) is 0.719. The van der Waals surface area contributed by atoms with E-state index >= 15 is 0 Å². The van der Waals surface area contributed by atoms with E-state index in [4.69, 9.17) is 0 Å². The minimum absolute atomic E-state index is 0.0236. The molecule has 7 nitrogen and oxygen atoms in total. The average Bonchev–Trinajstić information content (AvgIpc) is 3.27. The van der Waals surface area contributed by atoms with E-state index in [0.717, 1.165) is 9.39 Å². The fourth-order valence-corrected chi connectivity index (χ4v) is 3.96. The van der Waals surface area contributed by atoms with Crippen molar-refractivity contribution in [1.29, 1.82) is 0 Å². The Morgan fingerprint density at radius 3 is 2.57 bits per heavy atom. The molecule has 1 amide bonds. The number of carbonyl (C=O) groups excluding carboxylic acids is 1. The third kappa shape index (κ3) is 3.66. The zero-order valence-electron chi connectivity index (χ0n) is 14.9. The standard InChI is InChI=1S/C17H17F3N6OS/c1-10-2-3-12(28-10)15(27)21-11-6-8-25(9-7-11)14-5-4-13-22-23-16(17(18,19)20)26(13)24-14/h2-5,11H,6-9H2,1H3,(H,21,27). The molecule has 0 aliphatic carbocycles. The van der Waals surface area contributed by atoms with Crippen LogP contribution in [0.2, 0.25) is 0 Å². The van der Waals surface area contributed by atoms with Crippen molar-refractivity contribution < 1.29 is 18.0 Å². The van der Waals surface area contributed by atoms with Crippen LogP contribution in [0.25, 0.3) is 5.65 Å². The number of amides is 1. The number of hydrogen-bond acceptors (Lipinski definition) is 6. The van der Waals surface area contributed by atoms with E-state index in [-0.39, 0.29) is 17.6 Å². The van der Waals surface area contributed by atoms with Crippen LogP contribution in [-0.2, 0) is 6.18 Å². The molecular formula is C17H17F3N6OS. The van der Waals surface area contributed by atoms with Crippen molar-refractivity contribution in [3.05, 3.63) is 39.8 Å². The predicted octanol–water partition coefficient (Wildman–Crippen LogP) is 2.91. The van der Waals surface area contributed by atoms with Gasteiger partial charge in [-0.05, 0) is 44.0 Å². The molecule has 3 aromatic heterocycles. The van der Waals surface area contributed by atoms with E-state index in [9.17, 15) is 18.0 Å². The molecule has 1 aliphatic rings. The van der Waals surface area contributed by atoms with Gasteiger partial charge in [-0.15, -0.1) is 26.6 Å². The number of aryl methyl sites for hydroxylation is 1. The number of thiophene rings is 1. The molecule has 0 aromatic carbocycles. The van der Waals surface area contributed by atoms with E-state index in [2.05, 4.69) is 20.6 Å². The van der Waals surface area contributed by atoms with Gasteiger partial charge in [0.05, 0.1) is 4.88 Å². The van der Waals surface area contributed by atoms with Gasteiger partial charge in [0.25, 0.3) is 11.7 Å². The Morgan fingerprint density at radius 2 is 1.93 bits per heavy atom. The summed E-state index contributed by atoms with van der Waals surface area (Å²) in [7, 11) is 0. The van der Waals surface area contributed by atoms with Crippen LogP contribution in [0.5, 0.6) is 0 Å². The fraction of sp³-hybridized carbons (Fsp3) is 0.412. The molecule has 3 aromatic rings. The summed E-state index contributed by atoms with van der Waals surface area (Å²) in [5, 5.41) is 13.8. The van der Waals surface area contributed by atoms with Gasteiger partial charge in [0.2, 0.25) is 0 Å². The van der Waals surface area contributed by atoms with Crippen molar-refractivity contribution in [2.24, 2.45) is 0 Å². The van der Waals surface area contributed by atoms with Gasteiger partial charge in [0, 0.05) is 24.0 Å². The maximum absolute atomic E-state index is 13.0. The number of hydrogen-bond donors (Lipinski definition) is 1. The summed E-state index contributed by atoms with van der Waals surface area (Å²) in [4.78, 5) is 15.9. The lowest BCUT2D eigenvalue weighted by Gasteiger charge is -2.33. The Labute approximate surface area is 162 Å². The lowest BCUT2D eigenvalue weighted by molar-refractivity contribution is -0.146. The number of alkyl halides is 3. The third-order valence-corrected chi connectivity index (χ3v) is 5.62. The highest BCUT2D eigenvalue weighted by Crippen LogP contribution is 2.28. The topological polar surface area (TPSA) is 75.4 Å². The highest BCUT2D eigenvalue weighted by atomic mass is 32.1. The number of carbonyl (C=O) groups is 1. The molecule has 4 rings (SSSR count). The van der Waals surface area contributed by atoms with Gasteiger partial charge in [0.1, 0.15) is 5.82 Å². The molecule has 0 radical (unpaired) electrons. The summed E-state index contributed by atoms with van der Waals surface area (Å²) in [5.74, 6) is -0.801. The average molecular weight is 410 g/mol. The molecule has 4 heterocycles. The molecule has 0 saturated carbocycles. The summed E-state index contributed by atoms with van der Waals surface area (Å²) >= 11 is 1.45. The minimum atomic E-state index is -4.62. The number of nitrogens with one attached hydrogen (secondary N) is 1. The van der Waals surface area contributed by atoms with E-state index in [1.807, 2.05) is 17.9 Å².